The number of aryl methyl sites for hydroxylation is 4. The first kappa shape index (κ1) is 33.2. The van der Waals surface area contributed by atoms with Crippen molar-refractivity contribution in [3.8, 4) is 11.8 Å². The molecule has 0 heteroatoms. The molecule has 0 fully saturated rings. The van der Waals surface area contributed by atoms with Crippen LogP contribution in [0.2, 0.25) is 0 Å². The standard InChI is InChI=1S/C39H59/c1-7-9-11-12-13-14-15-16-17-18-19-20-21-23-37(39-30-34(5)27-35(6)31-39)25-24-36(22-10-8-2)38-28-32(3)26-33(4)29-38/h10,26-31,36-37H,7-9,11-23H2,1-6H3. The fourth-order valence-electron chi connectivity index (χ4n) is 5.92. The van der Waals surface area contributed by atoms with Crippen LogP contribution in [0.4, 0.5) is 0 Å². The Kier molecular flexibility index (Phi) is 17.0. The van der Waals surface area contributed by atoms with Gasteiger partial charge in [-0.25, -0.2) is 0 Å². The first-order valence-corrected chi connectivity index (χ1v) is 16.4. The van der Waals surface area contributed by atoms with Gasteiger partial charge in [0.05, 0.1) is 0 Å². The van der Waals surface area contributed by atoms with Crippen LogP contribution in [0.25, 0.3) is 0 Å². The van der Waals surface area contributed by atoms with Crippen LogP contribution in [0.1, 0.15) is 162 Å². The van der Waals surface area contributed by atoms with Crippen LogP contribution < -0.4 is 0 Å². The minimum atomic E-state index is 0.281. The Balaban J connectivity index is 1.94. The van der Waals surface area contributed by atoms with E-state index in [-0.39, 0.29) is 5.92 Å². The van der Waals surface area contributed by atoms with E-state index in [9.17, 15) is 0 Å². The third-order valence-corrected chi connectivity index (χ3v) is 8.01. The van der Waals surface area contributed by atoms with Gasteiger partial charge in [-0.2, -0.15) is 0 Å². The van der Waals surface area contributed by atoms with Gasteiger partial charge in [0, 0.05) is 11.8 Å². The Morgan fingerprint density at radius 2 is 0.897 bits per heavy atom. The fourth-order valence-corrected chi connectivity index (χ4v) is 5.92. The summed E-state index contributed by atoms with van der Waals surface area (Å²) < 4.78 is 0. The van der Waals surface area contributed by atoms with Crippen LogP contribution in [0.3, 0.4) is 0 Å². The highest BCUT2D eigenvalue weighted by atomic mass is 14.2. The van der Waals surface area contributed by atoms with E-state index in [1.54, 1.807) is 0 Å². The van der Waals surface area contributed by atoms with Crippen molar-refractivity contribution in [1.82, 2.24) is 0 Å². The molecule has 2 unspecified atom stereocenters. The van der Waals surface area contributed by atoms with Crippen molar-refractivity contribution in [1.29, 1.82) is 0 Å². The molecule has 0 saturated heterocycles. The summed E-state index contributed by atoms with van der Waals surface area (Å²) >= 11 is 0. The lowest BCUT2D eigenvalue weighted by Gasteiger charge is -2.16. The predicted octanol–water partition coefficient (Wildman–Crippen LogP) is 12.3. The van der Waals surface area contributed by atoms with Gasteiger partial charge >= 0.3 is 0 Å². The monoisotopic (exact) mass is 527 g/mol. The van der Waals surface area contributed by atoms with Crippen LogP contribution in [0, 0.1) is 46.0 Å². The first-order chi connectivity index (χ1) is 18.9. The molecule has 0 spiro atoms. The second kappa shape index (κ2) is 20.0. The van der Waals surface area contributed by atoms with Crippen molar-refractivity contribution in [3.05, 3.63) is 76.2 Å². The Bertz CT molecular complexity index is 944. The van der Waals surface area contributed by atoms with Gasteiger partial charge in [-0.3, -0.25) is 0 Å². The maximum Gasteiger partial charge on any atom is 0.0455 e. The summed E-state index contributed by atoms with van der Waals surface area (Å²) in [5, 5.41) is 0. The third kappa shape index (κ3) is 14.3. The zero-order valence-electron chi connectivity index (χ0n) is 26.5. The lowest BCUT2D eigenvalue weighted by atomic mass is 9.88. The molecular weight excluding hydrogens is 468 g/mol. The largest absolute Gasteiger partial charge is 0.0945 e. The van der Waals surface area contributed by atoms with Gasteiger partial charge in [0.15, 0.2) is 0 Å². The van der Waals surface area contributed by atoms with E-state index < -0.39 is 0 Å². The highest BCUT2D eigenvalue weighted by Gasteiger charge is 2.13. The smallest absolute Gasteiger partial charge is 0.0455 e. The maximum atomic E-state index is 3.81. The van der Waals surface area contributed by atoms with Crippen LogP contribution >= 0.6 is 0 Å². The Labute approximate surface area is 243 Å². The Morgan fingerprint density at radius 1 is 0.513 bits per heavy atom. The number of benzene rings is 2. The van der Waals surface area contributed by atoms with Gasteiger partial charge in [-0.15, -0.1) is 0 Å². The molecule has 0 N–H and O–H groups in total. The summed E-state index contributed by atoms with van der Waals surface area (Å²) in [5.74, 6) is 8.19. The Morgan fingerprint density at radius 3 is 1.33 bits per heavy atom. The number of hydrogen-bond acceptors (Lipinski definition) is 0. The molecule has 0 heterocycles. The van der Waals surface area contributed by atoms with Crippen LogP contribution in [-0.2, 0) is 0 Å². The van der Waals surface area contributed by atoms with E-state index in [2.05, 4.69) is 96.2 Å². The average Bonchev–Trinajstić information content (AvgIpc) is 2.88. The van der Waals surface area contributed by atoms with Gasteiger partial charge in [-0.1, -0.05) is 174 Å². The SMILES string of the molecule is CC[CH]CC(C#CC(CCCCCCCCCCCCCCC)c1cc(C)cc(C)c1)c1cc(C)cc(C)c1. The van der Waals surface area contributed by atoms with E-state index in [1.165, 1.54) is 123 Å². The molecule has 0 nitrogen and oxygen atoms in total. The topological polar surface area (TPSA) is 0 Å². The molecule has 0 bridgehead atoms. The molecule has 2 rings (SSSR count). The van der Waals surface area contributed by atoms with E-state index in [0.29, 0.717) is 5.92 Å². The van der Waals surface area contributed by atoms with E-state index in [4.69, 9.17) is 0 Å². The molecule has 215 valence electrons. The summed E-state index contributed by atoms with van der Waals surface area (Å²) in [6.07, 6.45) is 23.9. The van der Waals surface area contributed by atoms with Crippen molar-refractivity contribution in [2.75, 3.05) is 0 Å². The van der Waals surface area contributed by atoms with Crippen LogP contribution in [0.15, 0.2) is 36.4 Å². The van der Waals surface area contributed by atoms with Crippen molar-refractivity contribution in [2.24, 2.45) is 0 Å². The Hall–Kier alpha value is -2.00. The van der Waals surface area contributed by atoms with Gasteiger partial charge in [0.25, 0.3) is 0 Å². The second-order valence-electron chi connectivity index (χ2n) is 12.2. The summed E-state index contributed by atoms with van der Waals surface area (Å²) in [7, 11) is 0. The molecule has 0 saturated carbocycles. The lowest BCUT2D eigenvalue weighted by Crippen LogP contribution is -2.02. The van der Waals surface area contributed by atoms with Crippen molar-refractivity contribution in [2.45, 2.75) is 156 Å². The number of rotatable bonds is 19. The van der Waals surface area contributed by atoms with E-state index in [0.717, 1.165) is 12.8 Å². The highest BCUT2D eigenvalue weighted by Crippen LogP contribution is 2.28. The summed E-state index contributed by atoms with van der Waals surface area (Å²) in [6.45, 7) is 13.4. The molecule has 0 aliphatic carbocycles. The third-order valence-electron chi connectivity index (χ3n) is 8.01. The maximum absolute atomic E-state index is 3.81. The van der Waals surface area contributed by atoms with E-state index >= 15 is 0 Å². The summed E-state index contributed by atoms with van der Waals surface area (Å²) in [6, 6.07) is 14.0. The molecule has 0 amide bonds. The minimum Gasteiger partial charge on any atom is -0.0945 e. The van der Waals surface area contributed by atoms with Gasteiger partial charge in [-0.05, 0) is 58.1 Å². The number of hydrogen-bond donors (Lipinski definition) is 0. The van der Waals surface area contributed by atoms with Crippen molar-refractivity contribution in [3.63, 3.8) is 0 Å². The van der Waals surface area contributed by atoms with Crippen molar-refractivity contribution >= 4 is 0 Å². The van der Waals surface area contributed by atoms with Crippen LogP contribution in [-0.4, -0.2) is 0 Å². The summed E-state index contributed by atoms with van der Waals surface area (Å²) in [5.41, 5.74) is 8.18. The molecular formula is C39H59. The van der Waals surface area contributed by atoms with Gasteiger partial charge in [0.2, 0.25) is 0 Å². The predicted molar refractivity (Wildman–Crippen MR) is 175 cm³/mol. The number of unbranched alkanes of at least 4 members (excludes halogenated alkanes) is 13. The molecule has 0 aliphatic rings. The van der Waals surface area contributed by atoms with Gasteiger partial charge in [0.1, 0.15) is 0 Å². The first-order valence-electron chi connectivity index (χ1n) is 16.4. The average molecular weight is 528 g/mol. The van der Waals surface area contributed by atoms with E-state index in [1.807, 2.05) is 0 Å². The van der Waals surface area contributed by atoms with Crippen LogP contribution in [0.5, 0.6) is 0 Å². The molecule has 0 aliphatic heterocycles. The minimum absolute atomic E-state index is 0.281. The summed E-state index contributed by atoms with van der Waals surface area (Å²) in [4.78, 5) is 0. The second-order valence-corrected chi connectivity index (χ2v) is 12.2. The molecule has 39 heavy (non-hydrogen) atoms. The quantitative estimate of drug-likeness (QED) is 0.126. The zero-order valence-corrected chi connectivity index (χ0v) is 26.5. The molecule has 2 atom stereocenters. The highest BCUT2D eigenvalue weighted by molar-refractivity contribution is 5.39. The molecule has 0 aromatic heterocycles. The van der Waals surface area contributed by atoms with Gasteiger partial charge < -0.3 is 0 Å². The lowest BCUT2D eigenvalue weighted by molar-refractivity contribution is 0.532. The molecule has 2 aromatic carbocycles. The normalized spacial score (nSPS) is 12.7. The molecule has 2 aromatic rings. The fraction of sp³-hybridized carbons (Fsp3) is 0.615. The zero-order chi connectivity index (χ0) is 28.3. The van der Waals surface area contributed by atoms with Crippen molar-refractivity contribution < 1.29 is 0 Å². The molecule has 1 radical (unpaired) electrons.